The molecule has 0 aromatic carbocycles. The SMILES string of the molecule is CC1(C(=O)N2CCC(CN3CCOCC3)CC2)CCCNC1. The van der Waals surface area contributed by atoms with Crippen molar-refractivity contribution >= 4 is 5.91 Å². The van der Waals surface area contributed by atoms with Crippen molar-refractivity contribution in [1.82, 2.24) is 15.1 Å². The summed E-state index contributed by atoms with van der Waals surface area (Å²) in [4.78, 5) is 17.5. The second kappa shape index (κ2) is 7.28. The molecule has 1 unspecified atom stereocenters. The summed E-state index contributed by atoms with van der Waals surface area (Å²) in [5.74, 6) is 1.13. The highest BCUT2D eigenvalue weighted by atomic mass is 16.5. The van der Waals surface area contributed by atoms with Crippen molar-refractivity contribution in [3.63, 3.8) is 0 Å². The Labute approximate surface area is 134 Å². The van der Waals surface area contributed by atoms with Crippen molar-refractivity contribution in [2.24, 2.45) is 11.3 Å². The zero-order chi connectivity index (χ0) is 15.4. The van der Waals surface area contributed by atoms with Gasteiger partial charge in [-0.25, -0.2) is 0 Å². The van der Waals surface area contributed by atoms with E-state index in [4.69, 9.17) is 4.74 Å². The molecule has 5 nitrogen and oxygen atoms in total. The minimum atomic E-state index is -0.171. The molecule has 0 aromatic rings. The van der Waals surface area contributed by atoms with E-state index in [0.717, 1.165) is 84.1 Å². The van der Waals surface area contributed by atoms with Crippen LogP contribution in [0.25, 0.3) is 0 Å². The van der Waals surface area contributed by atoms with Crippen LogP contribution in [-0.2, 0) is 9.53 Å². The Morgan fingerprint density at radius 1 is 1.23 bits per heavy atom. The summed E-state index contributed by atoms with van der Waals surface area (Å²) in [5, 5.41) is 3.39. The molecule has 0 aromatic heterocycles. The molecule has 1 atom stereocenters. The predicted octanol–water partition coefficient (Wildman–Crippen LogP) is 0.947. The first-order valence-corrected chi connectivity index (χ1v) is 8.98. The normalized spacial score (nSPS) is 32.1. The number of ether oxygens (including phenoxy) is 1. The van der Waals surface area contributed by atoms with Crippen molar-refractivity contribution in [1.29, 1.82) is 0 Å². The number of carbonyl (C=O) groups is 1. The first-order valence-electron chi connectivity index (χ1n) is 8.98. The maximum atomic E-state index is 12.8. The third-order valence-electron chi connectivity index (χ3n) is 5.64. The molecule has 3 aliphatic heterocycles. The Morgan fingerprint density at radius 2 is 1.95 bits per heavy atom. The Bertz CT molecular complexity index is 368. The number of morpholine rings is 1. The quantitative estimate of drug-likeness (QED) is 0.843. The topological polar surface area (TPSA) is 44.8 Å². The zero-order valence-corrected chi connectivity index (χ0v) is 14.0. The lowest BCUT2D eigenvalue weighted by molar-refractivity contribution is -0.143. The number of likely N-dealkylation sites (tertiary alicyclic amines) is 1. The maximum absolute atomic E-state index is 12.8. The highest BCUT2D eigenvalue weighted by Crippen LogP contribution is 2.30. The standard InChI is InChI=1S/C17H31N3O2/c1-17(5-2-6-18-14-17)16(21)20-7-3-15(4-8-20)13-19-9-11-22-12-10-19/h15,18H,2-14H2,1H3. The molecular weight excluding hydrogens is 278 g/mol. The number of hydrogen-bond donors (Lipinski definition) is 1. The lowest BCUT2D eigenvalue weighted by atomic mass is 9.80. The van der Waals surface area contributed by atoms with Crippen LogP contribution in [-0.4, -0.2) is 74.7 Å². The number of nitrogens with zero attached hydrogens (tertiary/aromatic N) is 2. The lowest BCUT2D eigenvalue weighted by Gasteiger charge is -2.41. The van der Waals surface area contributed by atoms with Gasteiger partial charge in [-0.3, -0.25) is 9.69 Å². The van der Waals surface area contributed by atoms with Crippen molar-refractivity contribution < 1.29 is 9.53 Å². The monoisotopic (exact) mass is 309 g/mol. The van der Waals surface area contributed by atoms with Gasteiger partial charge >= 0.3 is 0 Å². The molecule has 22 heavy (non-hydrogen) atoms. The van der Waals surface area contributed by atoms with Crippen LogP contribution in [0, 0.1) is 11.3 Å². The van der Waals surface area contributed by atoms with Gasteiger partial charge in [0.1, 0.15) is 0 Å². The van der Waals surface area contributed by atoms with E-state index in [1.807, 2.05) is 0 Å². The fourth-order valence-corrected chi connectivity index (χ4v) is 4.09. The molecule has 0 spiro atoms. The molecule has 3 rings (SSSR count). The van der Waals surface area contributed by atoms with Gasteiger partial charge < -0.3 is 15.0 Å². The second-order valence-corrected chi connectivity index (χ2v) is 7.49. The fraction of sp³-hybridized carbons (Fsp3) is 0.941. The molecule has 1 N–H and O–H groups in total. The van der Waals surface area contributed by atoms with Crippen LogP contribution in [0.3, 0.4) is 0 Å². The third-order valence-corrected chi connectivity index (χ3v) is 5.64. The Balaban J connectivity index is 1.45. The molecule has 3 heterocycles. The van der Waals surface area contributed by atoms with E-state index >= 15 is 0 Å². The summed E-state index contributed by atoms with van der Waals surface area (Å²) >= 11 is 0. The Hall–Kier alpha value is -0.650. The van der Waals surface area contributed by atoms with E-state index in [2.05, 4.69) is 22.0 Å². The fourth-order valence-electron chi connectivity index (χ4n) is 4.09. The van der Waals surface area contributed by atoms with Crippen LogP contribution in [0.1, 0.15) is 32.6 Å². The van der Waals surface area contributed by atoms with E-state index in [0.29, 0.717) is 5.91 Å². The molecule has 1 amide bonds. The summed E-state index contributed by atoms with van der Waals surface area (Å²) in [7, 11) is 0. The van der Waals surface area contributed by atoms with E-state index < -0.39 is 0 Å². The minimum Gasteiger partial charge on any atom is -0.379 e. The molecular formula is C17H31N3O2. The smallest absolute Gasteiger partial charge is 0.229 e. The van der Waals surface area contributed by atoms with Gasteiger partial charge in [0, 0.05) is 39.3 Å². The van der Waals surface area contributed by atoms with Crippen LogP contribution in [0.15, 0.2) is 0 Å². The third kappa shape index (κ3) is 3.81. The average molecular weight is 309 g/mol. The van der Waals surface area contributed by atoms with E-state index in [-0.39, 0.29) is 5.41 Å². The molecule has 3 aliphatic rings. The van der Waals surface area contributed by atoms with Crippen molar-refractivity contribution in [3.05, 3.63) is 0 Å². The highest BCUT2D eigenvalue weighted by molar-refractivity contribution is 5.82. The number of amides is 1. The number of carbonyl (C=O) groups excluding carboxylic acids is 1. The van der Waals surface area contributed by atoms with Gasteiger partial charge in [-0.15, -0.1) is 0 Å². The minimum absolute atomic E-state index is 0.171. The average Bonchev–Trinajstić information content (AvgIpc) is 2.56. The van der Waals surface area contributed by atoms with Crippen molar-refractivity contribution in [3.8, 4) is 0 Å². The molecule has 0 bridgehead atoms. The van der Waals surface area contributed by atoms with Crippen LogP contribution in [0.4, 0.5) is 0 Å². The molecule has 5 heteroatoms. The first kappa shape index (κ1) is 16.2. The van der Waals surface area contributed by atoms with E-state index in [9.17, 15) is 4.79 Å². The van der Waals surface area contributed by atoms with Gasteiger partial charge in [0.25, 0.3) is 0 Å². The summed E-state index contributed by atoms with van der Waals surface area (Å²) in [6, 6.07) is 0. The number of hydrogen-bond acceptors (Lipinski definition) is 4. The summed E-state index contributed by atoms with van der Waals surface area (Å²) in [6.45, 7) is 11.0. The number of rotatable bonds is 3. The van der Waals surface area contributed by atoms with Gasteiger partial charge in [0.2, 0.25) is 5.91 Å². The van der Waals surface area contributed by atoms with Gasteiger partial charge in [0.05, 0.1) is 18.6 Å². The maximum Gasteiger partial charge on any atom is 0.229 e. The van der Waals surface area contributed by atoms with Gasteiger partial charge in [0.15, 0.2) is 0 Å². The Morgan fingerprint density at radius 3 is 2.59 bits per heavy atom. The van der Waals surface area contributed by atoms with E-state index in [1.54, 1.807) is 0 Å². The lowest BCUT2D eigenvalue weighted by Crippen LogP contribution is -2.52. The van der Waals surface area contributed by atoms with Crippen molar-refractivity contribution in [2.75, 3.05) is 59.0 Å². The highest BCUT2D eigenvalue weighted by Gasteiger charge is 2.38. The summed E-state index contributed by atoms with van der Waals surface area (Å²) < 4.78 is 5.42. The zero-order valence-electron chi connectivity index (χ0n) is 14.0. The largest absolute Gasteiger partial charge is 0.379 e. The van der Waals surface area contributed by atoms with Crippen LogP contribution in [0.2, 0.25) is 0 Å². The summed E-state index contributed by atoms with van der Waals surface area (Å²) in [5.41, 5.74) is -0.171. The molecule has 0 aliphatic carbocycles. The van der Waals surface area contributed by atoms with Gasteiger partial charge in [-0.2, -0.15) is 0 Å². The van der Waals surface area contributed by atoms with Crippen LogP contribution in [0.5, 0.6) is 0 Å². The van der Waals surface area contributed by atoms with Crippen LogP contribution < -0.4 is 5.32 Å². The molecule has 0 saturated carbocycles. The van der Waals surface area contributed by atoms with Crippen LogP contribution >= 0.6 is 0 Å². The molecule has 3 fully saturated rings. The predicted molar refractivity (Wildman–Crippen MR) is 86.8 cm³/mol. The molecule has 126 valence electrons. The molecule has 0 radical (unpaired) electrons. The Kier molecular flexibility index (Phi) is 5.37. The molecule has 3 saturated heterocycles. The van der Waals surface area contributed by atoms with Crippen molar-refractivity contribution in [2.45, 2.75) is 32.6 Å². The second-order valence-electron chi connectivity index (χ2n) is 7.49. The van der Waals surface area contributed by atoms with Gasteiger partial charge in [-0.05, 0) is 45.1 Å². The van der Waals surface area contributed by atoms with E-state index in [1.165, 1.54) is 6.54 Å². The van der Waals surface area contributed by atoms with Gasteiger partial charge in [-0.1, -0.05) is 0 Å². The first-order chi connectivity index (χ1) is 10.7. The number of piperidine rings is 2. The number of nitrogens with one attached hydrogen (secondary N) is 1. The summed E-state index contributed by atoms with van der Waals surface area (Å²) in [6.07, 6.45) is 4.47.